The van der Waals surface area contributed by atoms with E-state index in [0.717, 1.165) is 37.6 Å². The van der Waals surface area contributed by atoms with Crippen LogP contribution in [0.5, 0.6) is 5.75 Å². The average Bonchev–Trinajstić information content (AvgIpc) is 2.39. The van der Waals surface area contributed by atoms with Gasteiger partial charge in [-0.3, -0.25) is 4.90 Å². The summed E-state index contributed by atoms with van der Waals surface area (Å²) in [5, 5.41) is 9.28. The van der Waals surface area contributed by atoms with Crippen molar-refractivity contribution in [2.24, 2.45) is 0 Å². The standard InChI is InChI=1S/C14H21N2O2/c1-12(17)11-15-7-9-16(10-8-15)13-5-3-4-6-14(13)18-2/h3-6,12,17H,1,7-11H2,2H3. The number of aliphatic hydroxyl groups excluding tert-OH is 1. The number of hydrogen-bond donors (Lipinski definition) is 1. The Bertz CT molecular complexity index is 374. The van der Waals surface area contributed by atoms with E-state index in [2.05, 4.69) is 22.8 Å². The Balaban J connectivity index is 1.97. The molecule has 0 saturated carbocycles. The molecule has 1 saturated heterocycles. The monoisotopic (exact) mass is 249 g/mol. The number of methoxy groups -OCH3 is 1. The van der Waals surface area contributed by atoms with Crippen molar-refractivity contribution in [2.75, 3.05) is 44.7 Å². The molecule has 0 bridgehead atoms. The second-order valence-corrected chi connectivity index (χ2v) is 4.61. The first-order chi connectivity index (χ1) is 8.70. The maximum absolute atomic E-state index is 9.28. The van der Waals surface area contributed by atoms with E-state index in [-0.39, 0.29) is 0 Å². The molecule has 1 fully saturated rings. The second kappa shape index (κ2) is 6.07. The molecule has 4 nitrogen and oxygen atoms in total. The van der Waals surface area contributed by atoms with Gasteiger partial charge in [-0.25, -0.2) is 0 Å². The molecular formula is C14H21N2O2. The van der Waals surface area contributed by atoms with Gasteiger partial charge >= 0.3 is 0 Å². The third-order valence-electron chi connectivity index (χ3n) is 3.27. The van der Waals surface area contributed by atoms with E-state index in [0.29, 0.717) is 6.54 Å². The van der Waals surface area contributed by atoms with Crippen LogP contribution in [0.25, 0.3) is 0 Å². The summed E-state index contributed by atoms with van der Waals surface area (Å²) in [5.41, 5.74) is 1.15. The molecule has 4 heteroatoms. The molecule has 0 aliphatic carbocycles. The number of ether oxygens (including phenoxy) is 1. The minimum Gasteiger partial charge on any atom is -0.495 e. The van der Waals surface area contributed by atoms with Crippen LogP contribution in [-0.2, 0) is 0 Å². The molecular weight excluding hydrogens is 228 g/mol. The third-order valence-corrected chi connectivity index (χ3v) is 3.27. The van der Waals surface area contributed by atoms with Crippen molar-refractivity contribution in [3.63, 3.8) is 0 Å². The first kappa shape index (κ1) is 13.2. The molecule has 2 rings (SSSR count). The fourth-order valence-electron chi connectivity index (χ4n) is 2.36. The van der Waals surface area contributed by atoms with Crippen molar-refractivity contribution in [3.05, 3.63) is 31.2 Å². The topological polar surface area (TPSA) is 35.9 Å². The molecule has 0 aromatic heterocycles. The highest BCUT2D eigenvalue weighted by Gasteiger charge is 2.19. The SMILES string of the molecule is [CH2]C(O)CN1CCN(c2ccccc2OC)CC1. The predicted molar refractivity (Wildman–Crippen MR) is 73.0 cm³/mol. The van der Waals surface area contributed by atoms with Crippen LogP contribution in [0.4, 0.5) is 5.69 Å². The van der Waals surface area contributed by atoms with Gasteiger partial charge in [0, 0.05) is 32.7 Å². The van der Waals surface area contributed by atoms with E-state index >= 15 is 0 Å². The van der Waals surface area contributed by atoms with E-state index < -0.39 is 6.10 Å². The van der Waals surface area contributed by atoms with E-state index in [9.17, 15) is 5.11 Å². The molecule has 1 aliphatic rings. The lowest BCUT2D eigenvalue weighted by molar-refractivity contribution is 0.140. The Morgan fingerprint density at radius 1 is 1.28 bits per heavy atom. The van der Waals surface area contributed by atoms with E-state index in [1.54, 1.807) is 7.11 Å². The zero-order chi connectivity index (χ0) is 13.0. The van der Waals surface area contributed by atoms with E-state index in [1.807, 2.05) is 18.2 Å². The molecule has 0 amide bonds. The zero-order valence-corrected chi connectivity index (χ0v) is 10.9. The van der Waals surface area contributed by atoms with Crippen molar-refractivity contribution in [3.8, 4) is 5.75 Å². The van der Waals surface area contributed by atoms with Crippen LogP contribution in [0, 0.1) is 6.92 Å². The molecule has 0 spiro atoms. The summed E-state index contributed by atoms with van der Waals surface area (Å²) < 4.78 is 5.38. The number of nitrogens with zero attached hydrogens (tertiary/aromatic N) is 2. The number of para-hydroxylation sites is 2. The van der Waals surface area contributed by atoms with Crippen LogP contribution >= 0.6 is 0 Å². The summed E-state index contributed by atoms with van der Waals surface area (Å²) in [4.78, 5) is 4.56. The zero-order valence-electron chi connectivity index (χ0n) is 10.9. The maximum Gasteiger partial charge on any atom is 0.142 e. The minimum absolute atomic E-state index is 0.497. The van der Waals surface area contributed by atoms with Gasteiger partial charge in [0.05, 0.1) is 18.9 Å². The molecule has 1 radical (unpaired) electrons. The number of hydrogen-bond acceptors (Lipinski definition) is 4. The lowest BCUT2D eigenvalue weighted by atomic mass is 10.2. The third kappa shape index (κ3) is 3.15. The van der Waals surface area contributed by atoms with Crippen molar-refractivity contribution >= 4 is 5.69 Å². The lowest BCUT2D eigenvalue weighted by Gasteiger charge is -2.37. The van der Waals surface area contributed by atoms with Crippen LogP contribution in [0.15, 0.2) is 24.3 Å². The highest BCUT2D eigenvalue weighted by molar-refractivity contribution is 5.58. The van der Waals surface area contributed by atoms with Gasteiger partial charge in [0.2, 0.25) is 0 Å². The van der Waals surface area contributed by atoms with Crippen LogP contribution < -0.4 is 9.64 Å². The molecule has 1 atom stereocenters. The quantitative estimate of drug-likeness (QED) is 0.864. The Labute approximate surface area is 109 Å². The molecule has 18 heavy (non-hydrogen) atoms. The Hall–Kier alpha value is -1.26. The smallest absolute Gasteiger partial charge is 0.142 e. The fourth-order valence-corrected chi connectivity index (χ4v) is 2.36. The van der Waals surface area contributed by atoms with Gasteiger partial charge in [0.15, 0.2) is 0 Å². The predicted octanol–water partition coefficient (Wildman–Crippen LogP) is 1.01. The Morgan fingerprint density at radius 3 is 2.56 bits per heavy atom. The summed E-state index contributed by atoms with van der Waals surface area (Å²) >= 11 is 0. The highest BCUT2D eigenvalue weighted by Crippen LogP contribution is 2.28. The molecule has 1 unspecified atom stereocenters. The largest absolute Gasteiger partial charge is 0.495 e. The molecule has 99 valence electrons. The van der Waals surface area contributed by atoms with Gasteiger partial charge in [0.25, 0.3) is 0 Å². The van der Waals surface area contributed by atoms with Crippen molar-refractivity contribution in [1.82, 2.24) is 4.90 Å². The summed E-state index contributed by atoms with van der Waals surface area (Å²) in [6, 6.07) is 8.09. The summed E-state index contributed by atoms with van der Waals surface area (Å²) in [6.45, 7) is 8.07. The number of rotatable bonds is 4. The number of piperazine rings is 1. The Morgan fingerprint density at radius 2 is 1.94 bits per heavy atom. The van der Waals surface area contributed by atoms with Crippen LogP contribution in [0.3, 0.4) is 0 Å². The van der Waals surface area contributed by atoms with Gasteiger partial charge in [-0.1, -0.05) is 12.1 Å². The molecule has 1 N–H and O–H groups in total. The first-order valence-corrected chi connectivity index (χ1v) is 6.32. The van der Waals surface area contributed by atoms with E-state index in [4.69, 9.17) is 4.74 Å². The lowest BCUT2D eigenvalue weighted by Crippen LogP contribution is -2.48. The molecule has 1 aromatic carbocycles. The highest BCUT2D eigenvalue weighted by atomic mass is 16.5. The van der Waals surface area contributed by atoms with Crippen molar-refractivity contribution in [2.45, 2.75) is 6.10 Å². The maximum atomic E-state index is 9.28. The van der Waals surface area contributed by atoms with Crippen LogP contribution in [0.1, 0.15) is 0 Å². The van der Waals surface area contributed by atoms with Crippen molar-refractivity contribution < 1.29 is 9.84 Å². The van der Waals surface area contributed by atoms with Gasteiger partial charge in [-0.05, 0) is 19.1 Å². The summed E-state index contributed by atoms with van der Waals surface area (Å²) in [7, 11) is 1.70. The second-order valence-electron chi connectivity index (χ2n) is 4.61. The first-order valence-electron chi connectivity index (χ1n) is 6.32. The van der Waals surface area contributed by atoms with E-state index in [1.165, 1.54) is 0 Å². The van der Waals surface area contributed by atoms with Crippen molar-refractivity contribution in [1.29, 1.82) is 0 Å². The number of aliphatic hydroxyl groups is 1. The van der Waals surface area contributed by atoms with Gasteiger partial charge in [-0.15, -0.1) is 0 Å². The van der Waals surface area contributed by atoms with Crippen LogP contribution in [-0.4, -0.2) is 55.9 Å². The number of β-amino-alcohol motifs (C(OH)–C–C–N with tert-alkyl or cyclic N) is 1. The van der Waals surface area contributed by atoms with Gasteiger partial charge in [0.1, 0.15) is 5.75 Å². The summed E-state index contributed by atoms with van der Waals surface area (Å²) in [5.74, 6) is 0.920. The summed E-state index contributed by atoms with van der Waals surface area (Å²) in [6.07, 6.45) is -0.497. The average molecular weight is 249 g/mol. The molecule has 1 aromatic rings. The van der Waals surface area contributed by atoms with Gasteiger partial charge in [-0.2, -0.15) is 0 Å². The normalized spacial score (nSPS) is 18.7. The number of anilines is 1. The van der Waals surface area contributed by atoms with Gasteiger partial charge < -0.3 is 14.7 Å². The van der Waals surface area contributed by atoms with Crippen LogP contribution in [0.2, 0.25) is 0 Å². The molecule has 1 heterocycles. The minimum atomic E-state index is -0.497. The fraction of sp³-hybridized carbons (Fsp3) is 0.500. The number of benzene rings is 1. The molecule has 1 aliphatic heterocycles. The Kier molecular flexibility index (Phi) is 4.44.